The number of rotatable bonds is 0. The zero-order valence-electron chi connectivity index (χ0n) is 6.10. The van der Waals surface area contributed by atoms with Crippen LogP contribution in [0, 0.1) is 23.7 Å². The van der Waals surface area contributed by atoms with Crippen molar-refractivity contribution in [3.63, 3.8) is 0 Å². The van der Waals surface area contributed by atoms with Crippen molar-refractivity contribution in [3.8, 4) is 0 Å². The Balaban J connectivity index is 2.01. The third kappa shape index (κ3) is 0.486. The van der Waals surface area contributed by atoms with E-state index in [0.717, 1.165) is 6.42 Å². The average molecular weight is 150 g/mol. The van der Waals surface area contributed by atoms with Crippen LogP contribution >= 0.6 is 0 Å². The summed E-state index contributed by atoms with van der Waals surface area (Å²) in [5.74, 6) is 1.56. The van der Waals surface area contributed by atoms with Crippen LogP contribution in [0.25, 0.3) is 0 Å². The lowest BCUT2D eigenvalue weighted by Gasteiger charge is -2.40. The minimum atomic E-state index is -0.625. The van der Waals surface area contributed by atoms with Gasteiger partial charge in [-0.05, 0) is 18.3 Å². The number of carbonyl (C=O) groups excluding carboxylic acids is 1. The molecule has 3 aliphatic carbocycles. The normalized spacial score (nSPS) is 57.9. The summed E-state index contributed by atoms with van der Waals surface area (Å²) in [6.07, 6.45) is 4.80. The molecule has 2 nitrogen and oxygen atoms in total. The maximum absolute atomic E-state index is 11.1. The minimum Gasteiger partial charge on any atom is -0.385 e. The van der Waals surface area contributed by atoms with Gasteiger partial charge < -0.3 is 5.11 Å². The van der Waals surface area contributed by atoms with Crippen molar-refractivity contribution in [2.24, 2.45) is 23.7 Å². The van der Waals surface area contributed by atoms with E-state index in [4.69, 9.17) is 0 Å². The molecule has 2 bridgehead atoms. The molecule has 3 rings (SSSR count). The zero-order valence-corrected chi connectivity index (χ0v) is 6.10. The monoisotopic (exact) mass is 150 g/mol. The summed E-state index contributed by atoms with van der Waals surface area (Å²) in [4.78, 5) is 11.1. The van der Waals surface area contributed by atoms with Crippen LogP contribution < -0.4 is 0 Å². The smallest absolute Gasteiger partial charge is 0.165 e. The van der Waals surface area contributed by atoms with Crippen LogP contribution in [0.4, 0.5) is 0 Å². The molecule has 2 saturated carbocycles. The molecule has 0 heterocycles. The number of fused-ring (bicyclic) bond motifs is 5. The van der Waals surface area contributed by atoms with Gasteiger partial charge in [-0.1, -0.05) is 12.2 Å². The predicted molar refractivity (Wildman–Crippen MR) is 38.7 cm³/mol. The van der Waals surface area contributed by atoms with Crippen LogP contribution in [0.2, 0.25) is 0 Å². The first-order chi connectivity index (χ1) is 5.29. The molecular weight excluding hydrogens is 140 g/mol. The summed E-state index contributed by atoms with van der Waals surface area (Å²) >= 11 is 0. The van der Waals surface area contributed by atoms with Crippen LogP contribution in [-0.2, 0) is 4.79 Å². The Morgan fingerprint density at radius 2 is 2.09 bits per heavy atom. The number of aliphatic hydroxyl groups is 1. The Morgan fingerprint density at radius 1 is 1.36 bits per heavy atom. The molecule has 0 aromatic carbocycles. The predicted octanol–water partition coefficient (Wildman–Crippen LogP) is 0.368. The van der Waals surface area contributed by atoms with Gasteiger partial charge in [0.25, 0.3) is 0 Å². The Hall–Kier alpha value is -0.630. The van der Waals surface area contributed by atoms with Gasteiger partial charge in [0.1, 0.15) is 6.10 Å². The van der Waals surface area contributed by atoms with Crippen molar-refractivity contribution in [2.45, 2.75) is 12.5 Å². The molecular formula is C9H10O2. The fourth-order valence-electron chi connectivity index (χ4n) is 2.96. The third-order valence-corrected chi connectivity index (χ3v) is 3.50. The zero-order chi connectivity index (χ0) is 7.59. The van der Waals surface area contributed by atoms with E-state index < -0.39 is 6.10 Å². The lowest BCUT2D eigenvalue weighted by Crippen LogP contribution is -2.53. The molecule has 0 aromatic heterocycles. The molecule has 3 aliphatic rings. The van der Waals surface area contributed by atoms with E-state index >= 15 is 0 Å². The first kappa shape index (κ1) is 5.95. The maximum atomic E-state index is 11.1. The summed E-state index contributed by atoms with van der Waals surface area (Å²) in [7, 11) is 0. The lowest BCUT2D eigenvalue weighted by atomic mass is 9.65. The molecule has 2 fully saturated rings. The van der Waals surface area contributed by atoms with Crippen molar-refractivity contribution in [1.29, 1.82) is 0 Å². The average Bonchev–Trinajstić information content (AvgIpc) is 2.58. The number of allylic oxidation sites excluding steroid dienone is 2. The number of carbonyl (C=O) groups is 1. The van der Waals surface area contributed by atoms with Gasteiger partial charge in [-0.3, -0.25) is 4.79 Å². The SMILES string of the molecule is O=C1[C@H]2[C@@H]([C@@H]1O)[C@H]1C=C[C@@H]2C1. The van der Waals surface area contributed by atoms with Crippen LogP contribution in [0.1, 0.15) is 6.42 Å². The highest BCUT2D eigenvalue weighted by atomic mass is 16.3. The van der Waals surface area contributed by atoms with Crippen molar-refractivity contribution in [2.75, 3.05) is 0 Å². The summed E-state index contributed by atoms with van der Waals surface area (Å²) in [6, 6.07) is 0. The largest absolute Gasteiger partial charge is 0.385 e. The molecule has 0 spiro atoms. The molecule has 0 unspecified atom stereocenters. The van der Waals surface area contributed by atoms with Crippen molar-refractivity contribution in [3.05, 3.63) is 12.2 Å². The molecule has 0 amide bonds. The van der Waals surface area contributed by atoms with Crippen LogP contribution in [0.15, 0.2) is 12.2 Å². The molecule has 1 N–H and O–H groups in total. The Labute approximate surface area is 64.9 Å². The summed E-state index contributed by atoms with van der Waals surface area (Å²) in [6.45, 7) is 0. The molecule has 5 atom stereocenters. The van der Waals surface area contributed by atoms with E-state index in [1.165, 1.54) is 0 Å². The lowest BCUT2D eigenvalue weighted by molar-refractivity contribution is -0.153. The van der Waals surface area contributed by atoms with Crippen molar-refractivity contribution in [1.82, 2.24) is 0 Å². The first-order valence-corrected chi connectivity index (χ1v) is 4.19. The minimum absolute atomic E-state index is 0.0897. The second kappa shape index (κ2) is 1.58. The highest BCUT2D eigenvalue weighted by Gasteiger charge is 2.60. The van der Waals surface area contributed by atoms with Crippen molar-refractivity contribution >= 4 is 5.78 Å². The second-order valence-electron chi connectivity index (χ2n) is 3.90. The molecule has 11 heavy (non-hydrogen) atoms. The fraction of sp³-hybridized carbons (Fsp3) is 0.667. The quantitative estimate of drug-likeness (QED) is 0.506. The maximum Gasteiger partial charge on any atom is 0.165 e. The Bertz CT molecular complexity index is 256. The van der Waals surface area contributed by atoms with Crippen LogP contribution in [0.3, 0.4) is 0 Å². The molecule has 58 valence electrons. The topological polar surface area (TPSA) is 37.3 Å². The van der Waals surface area contributed by atoms with Gasteiger partial charge in [-0.15, -0.1) is 0 Å². The van der Waals surface area contributed by atoms with Gasteiger partial charge in [0.2, 0.25) is 0 Å². The van der Waals surface area contributed by atoms with E-state index in [1.807, 2.05) is 0 Å². The van der Waals surface area contributed by atoms with Crippen LogP contribution in [-0.4, -0.2) is 17.0 Å². The fourth-order valence-corrected chi connectivity index (χ4v) is 2.96. The first-order valence-electron chi connectivity index (χ1n) is 4.19. The molecule has 0 radical (unpaired) electrons. The van der Waals surface area contributed by atoms with Gasteiger partial charge >= 0.3 is 0 Å². The molecule has 0 saturated heterocycles. The summed E-state index contributed by atoms with van der Waals surface area (Å²) in [5, 5.41) is 9.33. The highest BCUT2D eigenvalue weighted by molar-refractivity contribution is 5.93. The van der Waals surface area contributed by atoms with Gasteiger partial charge in [0, 0.05) is 11.8 Å². The second-order valence-corrected chi connectivity index (χ2v) is 3.90. The summed E-state index contributed by atoms with van der Waals surface area (Å²) in [5.41, 5.74) is 0. The standard InChI is InChI=1S/C9H10O2/c10-8-6-4-1-2-5(3-4)7(6)9(8)11/h1-2,4-8,10H,3H2/t4-,5+,6-,7+,8-/m0/s1. The number of ketones is 1. The summed E-state index contributed by atoms with van der Waals surface area (Å²) < 4.78 is 0. The highest BCUT2D eigenvalue weighted by Crippen LogP contribution is 2.55. The van der Waals surface area contributed by atoms with Gasteiger partial charge in [0.15, 0.2) is 5.78 Å². The van der Waals surface area contributed by atoms with E-state index in [9.17, 15) is 9.90 Å². The number of aliphatic hydroxyl groups excluding tert-OH is 1. The number of hydrogen-bond donors (Lipinski definition) is 1. The van der Waals surface area contributed by atoms with E-state index in [1.54, 1.807) is 0 Å². The number of hydrogen-bond acceptors (Lipinski definition) is 2. The number of Topliss-reactive ketones (excluding diaryl/α,β-unsaturated/α-hetero) is 1. The van der Waals surface area contributed by atoms with E-state index in [2.05, 4.69) is 12.2 Å². The third-order valence-electron chi connectivity index (χ3n) is 3.50. The Kier molecular flexibility index (Phi) is 0.856. The molecule has 0 aliphatic heterocycles. The Morgan fingerprint density at radius 3 is 2.82 bits per heavy atom. The van der Waals surface area contributed by atoms with E-state index in [0.29, 0.717) is 11.8 Å². The van der Waals surface area contributed by atoms with Crippen LogP contribution in [0.5, 0.6) is 0 Å². The van der Waals surface area contributed by atoms with Gasteiger partial charge in [-0.2, -0.15) is 0 Å². The van der Waals surface area contributed by atoms with Gasteiger partial charge in [-0.25, -0.2) is 0 Å². The molecule has 2 heteroatoms. The van der Waals surface area contributed by atoms with Crippen molar-refractivity contribution < 1.29 is 9.90 Å². The van der Waals surface area contributed by atoms with E-state index in [-0.39, 0.29) is 17.6 Å². The van der Waals surface area contributed by atoms with Gasteiger partial charge in [0.05, 0.1) is 0 Å². The molecule has 0 aromatic rings.